The zero-order valence-electron chi connectivity index (χ0n) is 7.01. The molecular weight excluding hydrogens is 146 g/mol. The zero-order valence-corrected chi connectivity index (χ0v) is 7.01. The molecule has 0 amide bonds. The lowest BCUT2D eigenvalue weighted by atomic mass is 9.95. The molecular formula is C11H12N. The fourth-order valence-electron chi connectivity index (χ4n) is 2.33. The highest BCUT2D eigenvalue weighted by atomic mass is 15.0. The van der Waals surface area contributed by atoms with Gasteiger partial charge in [-0.25, -0.2) is 0 Å². The van der Waals surface area contributed by atoms with Crippen molar-refractivity contribution in [2.75, 3.05) is 0 Å². The summed E-state index contributed by atoms with van der Waals surface area (Å²) in [5, 5.41) is 3.56. The summed E-state index contributed by atoms with van der Waals surface area (Å²) in [4.78, 5) is 0. The maximum atomic E-state index is 3.56. The minimum Gasteiger partial charge on any atom is -0.302 e. The van der Waals surface area contributed by atoms with Gasteiger partial charge in [-0.15, -0.1) is 0 Å². The maximum Gasteiger partial charge on any atom is 0.0667 e. The summed E-state index contributed by atoms with van der Waals surface area (Å²) >= 11 is 0. The average molecular weight is 158 g/mol. The van der Waals surface area contributed by atoms with Crippen molar-refractivity contribution in [3.05, 3.63) is 41.4 Å². The first kappa shape index (κ1) is 6.67. The van der Waals surface area contributed by atoms with E-state index in [4.69, 9.17) is 0 Å². The number of hydrogen-bond donors (Lipinski definition) is 1. The van der Waals surface area contributed by atoms with Gasteiger partial charge in [0.2, 0.25) is 0 Å². The van der Waals surface area contributed by atoms with Crippen LogP contribution in [0.15, 0.2) is 24.3 Å². The molecule has 0 aromatic heterocycles. The third-order valence-corrected chi connectivity index (χ3v) is 2.93. The Hall–Kier alpha value is -0.820. The lowest BCUT2D eigenvalue weighted by Crippen LogP contribution is -2.32. The van der Waals surface area contributed by atoms with Gasteiger partial charge in [0.25, 0.3) is 0 Å². The molecule has 0 saturated carbocycles. The van der Waals surface area contributed by atoms with E-state index < -0.39 is 0 Å². The summed E-state index contributed by atoms with van der Waals surface area (Å²) in [5.41, 5.74) is 3.00. The van der Waals surface area contributed by atoms with Gasteiger partial charge in [-0.3, -0.25) is 0 Å². The molecule has 2 aliphatic heterocycles. The maximum absolute atomic E-state index is 3.56. The van der Waals surface area contributed by atoms with E-state index in [1.165, 1.54) is 36.4 Å². The van der Waals surface area contributed by atoms with Crippen LogP contribution < -0.4 is 5.32 Å². The Labute approximate surface area is 72.8 Å². The van der Waals surface area contributed by atoms with Crippen molar-refractivity contribution in [1.29, 1.82) is 0 Å². The summed E-state index contributed by atoms with van der Waals surface area (Å²) in [7, 11) is 0. The van der Waals surface area contributed by atoms with Crippen molar-refractivity contribution in [3.8, 4) is 0 Å². The van der Waals surface area contributed by atoms with Gasteiger partial charge >= 0.3 is 0 Å². The van der Waals surface area contributed by atoms with Crippen LogP contribution in [0.25, 0.3) is 0 Å². The molecule has 3 rings (SSSR count). The average Bonchev–Trinajstić information content (AvgIpc) is 2.49. The monoisotopic (exact) mass is 158 g/mol. The highest BCUT2D eigenvalue weighted by Gasteiger charge is 2.31. The Morgan fingerprint density at radius 1 is 1.25 bits per heavy atom. The Kier molecular flexibility index (Phi) is 1.30. The van der Waals surface area contributed by atoms with E-state index in [1.807, 2.05) is 0 Å². The second-order valence-corrected chi connectivity index (χ2v) is 3.72. The van der Waals surface area contributed by atoms with E-state index >= 15 is 0 Å². The van der Waals surface area contributed by atoms with E-state index in [0.29, 0.717) is 0 Å². The molecule has 2 aliphatic rings. The molecule has 0 spiro atoms. The molecule has 1 fully saturated rings. The van der Waals surface area contributed by atoms with Gasteiger partial charge in [-0.1, -0.05) is 24.3 Å². The predicted octanol–water partition coefficient (Wildman–Crippen LogP) is 1.87. The molecule has 2 heterocycles. The fourth-order valence-corrected chi connectivity index (χ4v) is 2.33. The van der Waals surface area contributed by atoms with Crippen molar-refractivity contribution in [2.45, 2.75) is 25.3 Å². The smallest absolute Gasteiger partial charge is 0.0667 e. The summed E-state index contributed by atoms with van der Waals surface area (Å²) in [5.74, 6) is 0. The Morgan fingerprint density at radius 2 is 2.17 bits per heavy atom. The number of benzene rings is 1. The van der Waals surface area contributed by atoms with Crippen LogP contribution in [0.2, 0.25) is 0 Å². The van der Waals surface area contributed by atoms with Crippen LogP contribution in [0.5, 0.6) is 0 Å². The Bertz CT molecular complexity index is 306. The van der Waals surface area contributed by atoms with Crippen LogP contribution in [-0.2, 0) is 6.42 Å². The summed E-state index contributed by atoms with van der Waals surface area (Å²) in [6, 6.07) is 11.0. The highest BCUT2D eigenvalue weighted by molar-refractivity contribution is 5.42. The quantitative estimate of drug-likeness (QED) is 0.608. The van der Waals surface area contributed by atoms with Gasteiger partial charge < -0.3 is 5.32 Å². The first-order valence-electron chi connectivity index (χ1n) is 4.64. The first-order chi connectivity index (χ1) is 5.93. The fraction of sp³-hybridized carbons (Fsp3) is 0.364. The SMILES string of the molecule is c1ccc2c(c1)CC1CC[C]2N1. The van der Waals surface area contributed by atoms with Crippen molar-refractivity contribution < 1.29 is 0 Å². The van der Waals surface area contributed by atoms with E-state index in [-0.39, 0.29) is 0 Å². The molecule has 2 bridgehead atoms. The molecule has 12 heavy (non-hydrogen) atoms. The van der Waals surface area contributed by atoms with Gasteiger partial charge in [-0.2, -0.15) is 0 Å². The number of fused-ring (bicyclic) bond motifs is 4. The van der Waals surface area contributed by atoms with E-state index in [9.17, 15) is 0 Å². The normalized spacial score (nSPS) is 27.2. The second kappa shape index (κ2) is 2.33. The minimum absolute atomic E-state index is 0.731. The van der Waals surface area contributed by atoms with Crippen molar-refractivity contribution >= 4 is 0 Å². The first-order valence-corrected chi connectivity index (χ1v) is 4.64. The molecule has 1 unspecified atom stereocenters. The van der Waals surface area contributed by atoms with Crippen molar-refractivity contribution in [3.63, 3.8) is 0 Å². The van der Waals surface area contributed by atoms with Crippen LogP contribution in [0.1, 0.15) is 24.0 Å². The molecule has 0 aliphatic carbocycles. The zero-order chi connectivity index (χ0) is 7.97. The molecule has 1 radical (unpaired) electrons. The predicted molar refractivity (Wildman–Crippen MR) is 48.6 cm³/mol. The lowest BCUT2D eigenvalue weighted by Gasteiger charge is -2.23. The van der Waals surface area contributed by atoms with Gasteiger partial charge in [0, 0.05) is 6.04 Å². The summed E-state index contributed by atoms with van der Waals surface area (Å²) in [6.45, 7) is 0. The van der Waals surface area contributed by atoms with Crippen LogP contribution in [0.3, 0.4) is 0 Å². The topological polar surface area (TPSA) is 12.0 Å². The van der Waals surface area contributed by atoms with Crippen LogP contribution in [0.4, 0.5) is 0 Å². The van der Waals surface area contributed by atoms with Gasteiger partial charge in [0.1, 0.15) is 0 Å². The molecule has 1 aromatic rings. The Balaban J connectivity index is 2.13. The van der Waals surface area contributed by atoms with Gasteiger partial charge in [-0.05, 0) is 30.4 Å². The molecule has 1 heteroatoms. The Morgan fingerprint density at radius 3 is 3.17 bits per heavy atom. The van der Waals surface area contributed by atoms with Gasteiger partial charge in [0.15, 0.2) is 0 Å². The molecule has 1 atom stereocenters. The molecule has 1 saturated heterocycles. The van der Waals surface area contributed by atoms with Crippen molar-refractivity contribution in [1.82, 2.24) is 5.32 Å². The van der Waals surface area contributed by atoms with Crippen LogP contribution in [0, 0.1) is 6.04 Å². The minimum atomic E-state index is 0.731. The number of nitrogens with one attached hydrogen (secondary N) is 1. The molecule has 1 nitrogen and oxygen atoms in total. The van der Waals surface area contributed by atoms with E-state index in [1.54, 1.807) is 0 Å². The highest BCUT2D eigenvalue weighted by Crippen LogP contribution is 2.34. The molecule has 1 aromatic carbocycles. The molecule has 61 valence electrons. The van der Waals surface area contributed by atoms with Crippen LogP contribution >= 0.6 is 0 Å². The van der Waals surface area contributed by atoms with Gasteiger partial charge in [0.05, 0.1) is 6.04 Å². The summed E-state index contributed by atoms with van der Waals surface area (Å²) in [6.07, 6.45) is 3.80. The number of rotatable bonds is 0. The third kappa shape index (κ3) is 0.831. The van der Waals surface area contributed by atoms with Crippen molar-refractivity contribution in [2.24, 2.45) is 0 Å². The van der Waals surface area contributed by atoms with Crippen LogP contribution in [-0.4, -0.2) is 6.04 Å². The largest absolute Gasteiger partial charge is 0.302 e. The molecule has 1 N–H and O–H groups in total. The lowest BCUT2D eigenvalue weighted by molar-refractivity contribution is 0.584. The second-order valence-electron chi connectivity index (χ2n) is 3.72. The number of hydrogen-bond acceptors (Lipinski definition) is 1. The summed E-state index contributed by atoms with van der Waals surface area (Å²) < 4.78 is 0. The third-order valence-electron chi connectivity index (χ3n) is 2.93. The van der Waals surface area contributed by atoms with E-state index in [0.717, 1.165) is 6.04 Å². The van der Waals surface area contributed by atoms with E-state index in [2.05, 4.69) is 29.6 Å². The standard InChI is InChI=1S/C11H12N/c1-2-4-10-8(3-1)7-9-5-6-11(10)12-9/h1-4,9,12H,5-7H2.